The van der Waals surface area contributed by atoms with Gasteiger partial charge in [-0.25, -0.2) is 22.7 Å². The number of aryl methyl sites for hydroxylation is 2. The molecule has 0 saturated carbocycles. The van der Waals surface area contributed by atoms with Crippen LogP contribution in [-0.4, -0.2) is 49.9 Å². The van der Waals surface area contributed by atoms with Gasteiger partial charge in [-0.3, -0.25) is 4.79 Å². The molecule has 0 bridgehead atoms. The maximum Gasteiger partial charge on any atom is 0.311 e. The highest BCUT2D eigenvalue weighted by Gasteiger charge is 2.21. The van der Waals surface area contributed by atoms with Crippen LogP contribution in [0.4, 0.5) is 5.95 Å². The molecule has 1 heterocycles. The number of nitrogens with zero attached hydrogens (tertiary/aromatic N) is 3. The first kappa shape index (κ1) is 29.6. The predicted octanol–water partition coefficient (Wildman–Crippen LogP) is 3.75. The van der Waals surface area contributed by atoms with E-state index in [1.807, 2.05) is 12.2 Å². The van der Waals surface area contributed by atoms with Crippen molar-refractivity contribution in [1.82, 2.24) is 9.97 Å². The van der Waals surface area contributed by atoms with Gasteiger partial charge in [-0.1, -0.05) is 38.9 Å². The normalized spacial score (nSPS) is 14.5. The summed E-state index contributed by atoms with van der Waals surface area (Å²) in [6.07, 6.45) is 4.59. The van der Waals surface area contributed by atoms with Crippen LogP contribution in [0.15, 0.2) is 6.08 Å². The Balaban J connectivity index is 2.99. The summed E-state index contributed by atoms with van der Waals surface area (Å²) in [7, 11) is 6.76. The van der Waals surface area contributed by atoms with E-state index in [2.05, 4.69) is 46.2 Å². The Morgan fingerprint density at radius 3 is 2.32 bits per heavy atom. The third-order valence-corrected chi connectivity index (χ3v) is 7.51. The number of carbonyl (C=O) groups is 1. The van der Waals surface area contributed by atoms with Crippen molar-refractivity contribution in [3.63, 3.8) is 0 Å². The van der Waals surface area contributed by atoms with Gasteiger partial charge in [0.2, 0.25) is 16.0 Å². The highest BCUT2D eigenvalue weighted by Crippen LogP contribution is 2.54. The molecule has 176 valence electrons. The molecular formula is C15H29N3O6P6S. The average Bonchev–Trinajstić information content (AvgIpc) is 2.64. The van der Waals surface area contributed by atoms with Gasteiger partial charge in [0, 0.05) is 37.0 Å². The summed E-state index contributed by atoms with van der Waals surface area (Å²) in [5.41, 5.74) is 2.03. The molecule has 0 aromatic carbocycles. The van der Waals surface area contributed by atoms with E-state index in [-0.39, 0.29) is 39.0 Å². The van der Waals surface area contributed by atoms with Crippen molar-refractivity contribution in [3.05, 3.63) is 23.0 Å². The highest BCUT2D eigenvalue weighted by atomic mass is 32.4. The van der Waals surface area contributed by atoms with Crippen molar-refractivity contribution >= 4 is 80.3 Å². The predicted molar refractivity (Wildman–Crippen MR) is 143 cm³/mol. The van der Waals surface area contributed by atoms with E-state index in [0.717, 1.165) is 16.1 Å². The monoisotopic (exact) mass is 565 g/mol. The van der Waals surface area contributed by atoms with Crippen LogP contribution in [0.3, 0.4) is 0 Å². The molecule has 0 aliphatic carbocycles. The van der Waals surface area contributed by atoms with Crippen LogP contribution >= 0.6 is 52.3 Å². The quantitative estimate of drug-likeness (QED) is 0.353. The molecule has 0 saturated heterocycles. The standard InChI is InChI=1S/C15H29N3O6P6S/c1-9-13(10(2)17-15(16-9)18(3)31(4,20)21)6-5-11(22-25)7-12(23-29-26)8-14(19)24-30(27)28/h5-6,11-12,29H,7-8,25-28H2,1-4H3/b6-5+/t11-,12-/m1/s1. The summed E-state index contributed by atoms with van der Waals surface area (Å²) in [5, 5.41) is 0. The van der Waals surface area contributed by atoms with Gasteiger partial charge in [-0.05, 0) is 13.8 Å². The van der Waals surface area contributed by atoms with Crippen LogP contribution in [0.1, 0.15) is 29.8 Å². The average molecular weight is 565 g/mol. The van der Waals surface area contributed by atoms with Crippen molar-refractivity contribution in [2.45, 2.75) is 38.9 Å². The molecule has 0 spiro atoms. The fourth-order valence-electron chi connectivity index (χ4n) is 2.49. The van der Waals surface area contributed by atoms with Crippen LogP contribution < -0.4 is 4.31 Å². The zero-order valence-electron chi connectivity index (χ0n) is 17.7. The lowest BCUT2D eigenvalue weighted by atomic mass is 10.1. The third-order valence-electron chi connectivity index (χ3n) is 4.08. The Hall–Kier alpha value is 0.540. The van der Waals surface area contributed by atoms with Crippen molar-refractivity contribution in [2.24, 2.45) is 0 Å². The minimum absolute atomic E-state index is 0.116. The molecular weight excluding hydrogens is 536 g/mol. The molecule has 0 amide bonds. The molecule has 0 radical (unpaired) electrons. The van der Waals surface area contributed by atoms with E-state index in [1.165, 1.54) is 7.05 Å². The first-order valence-corrected chi connectivity index (χ1v) is 18.4. The largest absolute Gasteiger partial charge is 0.437 e. The summed E-state index contributed by atoms with van der Waals surface area (Å²) >= 11 is 0. The van der Waals surface area contributed by atoms with Crippen LogP contribution in [0.25, 0.3) is 6.08 Å². The maximum atomic E-state index is 12.0. The van der Waals surface area contributed by atoms with Gasteiger partial charge in [0.25, 0.3) is 0 Å². The number of hydrogen-bond acceptors (Lipinski definition) is 8. The molecule has 31 heavy (non-hydrogen) atoms. The number of carbonyl (C=O) groups excluding carboxylic acids is 1. The molecule has 0 aliphatic heterocycles. The lowest BCUT2D eigenvalue weighted by Gasteiger charge is -2.20. The second kappa shape index (κ2) is 14.1. The Bertz CT molecular complexity index is 865. The zero-order chi connectivity index (χ0) is 23.8. The van der Waals surface area contributed by atoms with Gasteiger partial charge < -0.3 is 13.6 Å². The third kappa shape index (κ3) is 10.6. The Morgan fingerprint density at radius 2 is 1.87 bits per heavy atom. The van der Waals surface area contributed by atoms with E-state index in [1.54, 1.807) is 13.8 Å². The molecule has 0 N–H and O–H groups in total. The summed E-state index contributed by atoms with van der Waals surface area (Å²) in [6.45, 7) is 3.57. The molecule has 1 aromatic heterocycles. The lowest BCUT2D eigenvalue weighted by molar-refractivity contribution is -0.135. The SMILES string of the molecule is Cc1nc(N(C)S(C)(=O)=O)nc(C)c1/C=C/[C@H](C[C@H](CC(=O)OP(P)P)OPP)OP. The van der Waals surface area contributed by atoms with E-state index in [0.29, 0.717) is 17.8 Å². The van der Waals surface area contributed by atoms with E-state index in [9.17, 15) is 13.2 Å². The summed E-state index contributed by atoms with van der Waals surface area (Å²) in [5.74, 6) is -0.216. The summed E-state index contributed by atoms with van der Waals surface area (Å²) < 4.78 is 40.9. The molecule has 16 heteroatoms. The van der Waals surface area contributed by atoms with Crippen LogP contribution in [-0.2, 0) is 28.4 Å². The van der Waals surface area contributed by atoms with Gasteiger partial charge in [0.1, 0.15) is 7.53 Å². The molecule has 0 aliphatic rings. The van der Waals surface area contributed by atoms with Gasteiger partial charge in [0.05, 0.1) is 36.3 Å². The van der Waals surface area contributed by atoms with Gasteiger partial charge >= 0.3 is 5.97 Å². The zero-order valence-corrected chi connectivity index (χ0v) is 25.0. The minimum Gasteiger partial charge on any atom is -0.437 e. The molecule has 1 rings (SSSR count). The van der Waals surface area contributed by atoms with Crippen molar-refractivity contribution < 1.29 is 26.8 Å². The Kier molecular flexibility index (Phi) is 13.4. The van der Waals surface area contributed by atoms with Gasteiger partial charge in [0.15, 0.2) is 0 Å². The summed E-state index contributed by atoms with van der Waals surface area (Å²) in [4.78, 5) is 20.6. The van der Waals surface area contributed by atoms with Gasteiger partial charge in [-0.2, -0.15) is 0 Å². The van der Waals surface area contributed by atoms with Crippen LogP contribution in [0.2, 0.25) is 0 Å². The fourth-order valence-corrected chi connectivity index (χ4v) is 5.03. The number of anilines is 1. The van der Waals surface area contributed by atoms with Crippen molar-refractivity contribution in [3.8, 4) is 0 Å². The Morgan fingerprint density at radius 1 is 1.29 bits per heavy atom. The lowest BCUT2D eigenvalue weighted by Crippen LogP contribution is -2.27. The first-order valence-electron chi connectivity index (χ1n) is 8.83. The molecule has 9 nitrogen and oxygen atoms in total. The van der Waals surface area contributed by atoms with E-state index >= 15 is 0 Å². The number of rotatable bonds is 12. The molecule has 1 aromatic rings. The second-order valence-electron chi connectivity index (χ2n) is 6.49. The van der Waals surface area contributed by atoms with E-state index in [4.69, 9.17) is 13.6 Å². The smallest absolute Gasteiger partial charge is 0.311 e. The molecule has 7 atom stereocenters. The molecule has 5 unspecified atom stereocenters. The minimum atomic E-state index is -3.46. The van der Waals surface area contributed by atoms with Crippen molar-refractivity contribution in [1.29, 1.82) is 0 Å². The fraction of sp³-hybridized carbons (Fsp3) is 0.533. The second-order valence-corrected chi connectivity index (χ2v) is 15.7. The van der Waals surface area contributed by atoms with Crippen LogP contribution in [0.5, 0.6) is 0 Å². The molecule has 0 fully saturated rings. The first-order chi connectivity index (χ1) is 14.4. The van der Waals surface area contributed by atoms with Crippen molar-refractivity contribution in [2.75, 3.05) is 17.6 Å². The number of aromatic nitrogens is 2. The number of sulfonamides is 1. The van der Waals surface area contributed by atoms with E-state index < -0.39 is 17.5 Å². The summed E-state index contributed by atoms with van der Waals surface area (Å²) in [6, 6.07) is 0. The Labute approximate surface area is 196 Å². The number of hydrogen-bond donors (Lipinski definition) is 0. The van der Waals surface area contributed by atoms with Gasteiger partial charge in [-0.15, -0.1) is 0 Å². The van der Waals surface area contributed by atoms with Crippen LogP contribution in [0, 0.1) is 13.8 Å². The topological polar surface area (TPSA) is 108 Å². The highest BCUT2D eigenvalue weighted by molar-refractivity contribution is 8.41. The maximum absolute atomic E-state index is 12.0.